The van der Waals surface area contributed by atoms with Gasteiger partial charge in [0.2, 0.25) is 0 Å². The molecule has 10 nitrogen and oxygen atoms in total. The molecule has 0 aromatic heterocycles. The van der Waals surface area contributed by atoms with E-state index in [0.717, 1.165) is 60.7 Å². The molecule has 0 fully saturated rings. The van der Waals surface area contributed by atoms with Gasteiger partial charge in [0.1, 0.15) is 11.5 Å². The normalized spacial score (nSPS) is 21.0. The Morgan fingerprint density at radius 3 is 1.28 bits per heavy atom. The van der Waals surface area contributed by atoms with E-state index in [1.54, 1.807) is 48.5 Å². The van der Waals surface area contributed by atoms with E-state index in [1.807, 2.05) is 0 Å². The maximum absolute atomic E-state index is 13.6. The topological polar surface area (TPSA) is 130 Å². The van der Waals surface area contributed by atoms with Crippen LogP contribution in [0.5, 0.6) is 11.5 Å². The van der Waals surface area contributed by atoms with Crippen LogP contribution < -0.4 is 21.2 Å². The van der Waals surface area contributed by atoms with Gasteiger partial charge in [-0.3, -0.25) is 11.7 Å². The summed E-state index contributed by atoms with van der Waals surface area (Å²) in [7, 11) is 0. The number of nitrogens with zero attached hydrogens (tertiary/aromatic N) is 2. The zero-order valence-corrected chi connectivity index (χ0v) is 28.4. The highest BCUT2D eigenvalue weighted by molar-refractivity contribution is 5.92. The van der Waals surface area contributed by atoms with Crippen molar-refractivity contribution >= 4 is 11.9 Å². The summed E-state index contributed by atoms with van der Waals surface area (Å²) in [6, 6.07) is 21.3. The average molecular weight is 757 g/mol. The van der Waals surface area contributed by atoms with Crippen LogP contribution in [0.2, 0.25) is 0 Å². The van der Waals surface area contributed by atoms with E-state index in [0.29, 0.717) is 48.2 Å². The summed E-state index contributed by atoms with van der Waals surface area (Å²) in [6.07, 6.45) is -6.83. The molecule has 0 amide bonds. The number of fused-ring (bicyclic) bond motifs is 2. The van der Waals surface area contributed by atoms with Gasteiger partial charge in [-0.15, -0.1) is 0 Å². The minimum absolute atomic E-state index is 0.0648. The van der Waals surface area contributed by atoms with Crippen molar-refractivity contribution < 1.29 is 54.9 Å². The first kappa shape index (κ1) is 38.3. The zero-order valence-electron chi connectivity index (χ0n) is 28.4. The molecular formula is C38H34F6N4O6. The fraction of sp³-hybridized carbons (Fsp3) is 0.263. The number of rotatable bonds is 8. The van der Waals surface area contributed by atoms with Crippen LogP contribution in [0.25, 0.3) is 0 Å². The number of hydrogen-bond donors (Lipinski definition) is 2. The number of benzene rings is 4. The molecule has 2 unspecified atom stereocenters. The SMILES string of the molecule is NN1CCc2ccccc2C(OC(=O)/C=C\C(=O)OC2(Oc3ccc(C(F)(F)F)cc3)CN(N)CCc3ccccc32)(Oc2ccc(C(F)(F)F)cc2)C1. The van der Waals surface area contributed by atoms with Gasteiger partial charge in [-0.05, 0) is 72.5 Å². The molecule has 16 heteroatoms. The van der Waals surface area contributed by atoms with Gasteiger partial charge >= 0.3 is 24.3 Å². The van der Waals surface area contributed by atoms with Gasteiger partial charge in [-0.25, -0.2) is 19.6 Å². The highest BCUT2D eigenvalue weighted by Crippen LogP contribution is 2.39. The van der Waals surface area contributed by atoms with E-state index in [4.69, 9.17) is 30.6 Å². The fourth-order valence-electron chi connectivity index (χ4n) is 6.34. The van der Waals surface area contributed by atoms with E-state index < -0.39 is 47.0 Å². The molecule has 2 aliphatic heterocycles. The maximum Gasteiger partial charge on any atom is 0.416 e. The molecular weight excluding hydrogens is 722 g/mol. The molecule has 0 spiro atoms. The summed E-state index contributed by atoms with van der Waals surface area (Å²) in [4.78, 5) is 27.1. The lowest BCUT2D eigenvalue weighted by molar-refractivity contribution is -0.206. The largest absolute Gasteiger partial charge is 0.447 e. The third-order valence-electron chi connectivity index (χ3n) is 8.83. The number of hydrogen-bond acceptors (Lipinski definition) is 10. The fourth-order valence-corrected chi connectivity index (χ4v) is 6.34. The van der Waals surface area contributed by atoms with Crippen LogP contribution in [-0.2, 0) is 55.8 Å². The van der Waals surface area contributed by atoms with Crippen molar-refractivity contribution in [3.05, 3.63) is 143 Å². The number of carbonyl (C=O) groups is 2. The minimum atomic E-state index is -4.60. The van der Waals surface area contributed by atoms with Crippen LogP contribution in [0, 0.1) is 0 Å². The summed E-state index contributed by atoms with van der Waals surface area (Å²) in [5.41, 5.74) is 0.299. The van der Waals surface area contributed by atoms with Gasteiger partial charge in [0.05, 0.1) is 24.2 Å². The molecule has 0 bridgehead atoms. The average Bonchev–Trinajstić information content (AvgIpc) is 3.34. The van der Waals surface area contributed by atoms with Crippen molar-refractivity contribution in [2.45, 2.75) is 36.8 Å². The Balaban J connectivity index is 1.30. The number of carbonyl (C=O) groups excluding carboxylic acids is 2. The Kier molecular flexibility index (Phi) is 10.7. The second kappa shape index (κ2) is 15.1. The van der Waals surface area contributed by atoms with Crippen molar-refractivity contribution in [1.82, 2.24) is 10.0 Å². The predicted molar refractivity (Wildman–Crippen MR) is 181 cm³/mol. The zero-order chi connectivity index (χ0) is 38.7. The number of hydrazine groups is 2. The second-order valence-corrected chi connectivity index (χ2v) is 12.7. The molecule has 0 saturated carbocycles. The van der Waals surface area contributed by atoms with Crippen molar-refractivity contribution in [2.24, 2.45) is 11.7 Å². The van der Waals surface area contributed by atoms with Gasteiger partial charge in [0.15, 0.2) is 0 Å². The number of ether oxygens (including phenoxy) is 4. The van der Waals surface area contributed by atoms with Crippen LogP contribution >= 0.6 is 0 Å². The van der Waals surface area contributed by atoms with Crippen molar-refractivity contribution in [3.8, 4) is 11.5 Å². The van der Waals surface area contributed by atoms with Crippen LogP contribution in [0.4, 0.5) is 26.3 Å². The lowest BCUT2D eigenvalue weighted by atomic mass is 9.98. The van der Waals surface area contributed by atoms with Gasteiger partial charge in [-0.2, -0.15) is 26.3 Å². The quantitative estimate of drug-likeness (QED) is 0.0727. The summed E-state index contributed by atoms with van der Waals surface area (Å²) in [5, 5.41) is 2.67. The molecule has 0 aliphatic carbocycles. The molecule has 0 saturated heterocycles. The van der Waals surface area contributed by atoms with Crippen LogP contribution in [0.3, 0.4) is 0 Å². The van der Waals surface area contributed by atoms with Crippen molar-refractivity contribution in [1.29, 1.82) is 0 Å². The van der Waals surface area contributed by atoms with E-state index >= 15 is 0 Å². The van der Waals surface area contributed by atoms with E-state index in [2.05, 4.69) is 0 Å². The molecule has 284 valence electrons. The first-order valence-electron chi connectivity index (χ1n) is 16.6. The van der Waals surface area contributed by atoms with E-state index in [9.17, 15) is 35.9 Å². The first-order valence-corrected chi connectivity index (χ1v) is 16.6. The monoisotopic (exact) mass is 756 g/mol. The van der Waals surface area contributed by atoms with Gasteiger partial charge in [0.25, 0.3) is 11.6 Å². The Morgan fingerprint density at radius 1 is 0.574 bits per heavy atom. The molecule has 2 heterocycles. The molecule has 2 atom stereocenters. The highest BCUT2D eigenvalue weighted by atomic mass is 19.4. The summed E-state index contributed by atoms with van der Waals surface area (Å²) in [5.74, 6) is 6.15. The highest BCUT2D eigenvalue weighted by Gasteiger charge is 2.46. The van der Waals surface area contributed by atoms with E-state index in [-0.39, 0.29) is 24.6 Å². The minimum Gasteiger partial charge on any atom is -0.447 e. The smallest absolute Gasteiger partial charge is 0.416 e. The number of halogens is 6. The molecule has 2 aliphatic rings. The van der Waals surface area contributed by atoms with Crippen LogP contribution in [0.1, 0.15) is 33.4 Å². The number of alkyl halides is 6. The third-order valence-corrected chi connectivity index (χ3v) is 8.83. The number of nitrogens with two attached hydrogens (primary N) is 2. The first-order chi connectivity index (χ1) is 25.6. The van der Waals surface area contributed by atoms with Gasteiger partial charge in [-0.1, -0.05) is 48.5 Å². The Bertz CT molecular complexity index is 1860. The lowest BCUT2D eigenvalue weighted by Crippen LogP contribution is -2.50. The molecule has 4 aromatic rings. The third kappa shape index (κ3) is 8.68. The molecule has 4 N–H and O–H groups in total. The van der Waals surface area contributed by atoms with Gasteiger partial charge < -0.3 is 18.9 Å². The maximum atomic E-state index is 13.6. The summed E-state index contributed by atoms with van der Waals surface area (Å²) in [6.45, 7) is 0.134. The Hall–Kier alpha value is -5.42. The van der Waals surface area contributed by atoms with Crippen LogP contribution in [-0.4, -0.2) is 48.1 Å². The number of esters is 2. The lowest BCUT2D eigenvalue weighted by Gasteiger charge is -2.36. The molecule has 0 radical (unpaired) electrons. The standard InChI is InChI=1S/C38H34F6N4O6/c39-37(40,41)27-9-13-29(14-10-27)51-35(23-47(45)21-19-25-5-1-3-7-31(25)35)53-33(49)17-18-34(50)54-36(52-30-15-11-28(12-16-30)38(42,43)44)24-48(46)22-20-26-6-2-4-8-32(26)36/h1-18H,19-24,45-46H2/b18-17-. The Morgan fingerprint density at radius 2 is 0.926 bits per heavy atom. The van der Waals surface area contributed by atoms with Crippen LogP contribution in [0.15, 0.2) is 109 Å². The molecule has 6 rings (SSSR count). The summed E-state index contributed by atoms with van der Waals surface area (Å²) < 4.78 is 104. The van der Waals surface area contributed by atoms with E-state index in [1.165, 1.54) is 10.0 Å². The second-order valence-electron chi connectivity index (χ2n) is 12.7. The van der Waals surface area contributed by atoms with Crippen molar-refractivity contribution in [3.63, 3.8) is 0 Å². The predicted octanol–water partition coefficient (Wildman–Crippen LogP) is 5.99. The van der Waals surface area contributed by atoms with Crippen molar-refractivity contribution in [2.75, 3.05) is 26.2 Å². The molecule has 54 heavy (non-hydrogen) atoms. The Labute approximate surface area is 305 Å². The molecule has 4 aromatic carbocycles. The van der Waals surface area contributed by atoms with Gasteiger partial charge in [0, 0.05) is 36.4 Å². The summed E-state index contributed by atoms with van der Waals surface area (Å²) >= 11 is 0.